The van der Waals surface area contributed by atoms with Gasteiger partial charge in [0.15, 0.2) is 5.84 Å². The number of hydrogen-bond acceptors (Lipinski definition) is 6. The lowest BCUT2D eigenvalue weighted by molar-refractivity contribution is -0.384. The van der Waals surface area contributed by atoms with Crippen molar-refractivity contribution in [1.82, 2.24) is 9.58 Å². The maximum atomic E-state index is 12.9. The molecule has 0 radical (unpaired) electrons. The van der Waals surface area contributed by atoms with Crippen molar-refractivity contribution in [1.29, 1.82) is 5.41 Å². The number of carbonyl (C=O) groups excluding carboxylic acids is 1. The number of aryl methyl sites for hydroxylation is 2. The van der Waals surface area contributed by atoms with E-state index in [0.29, 0.717) is 16.8 Å². The zero-order valence-electron chi connectivity index (χ0n) is 19.9. The Hall–Kier alpha value is -3.53. The number of aromatic nitrogens is 1. The van der Waals surface area contributed by atoms with Gasteiger partial charge in [0.05, 0.1) is 16.2 Å². The summed E-state index contributed by atoms with van der Waals surface area (Å²) in [5.74, 6) is -0.0608. The number of nitro benzene ring substituents is 1. The van der Waals surface area contributed by atoms with E-state index in [1.807, 2.05) is 31.4 Å². The van der Waals surface area contributed by atoms with Gasteiger partial charge >= 0.3 is 0 Å². The monoisotopic (exact) mass is 490 g/mol. The van der Waals surface area contributed by atoms with Crippen molar-refractivity contribution in [2.45, 2.75) is 52.9 Å². The molecule has 9 nitrogen and oxygen atoms in total. The van der Waals surface area contributed by atoms with Gasteiger partial charge in [-0.25, -0.2) is 0 Å². The first-order valence-corrected chi connectivity index (χ1v) is 12.5. The SMILES string of the molecule is Cc1ccc([N+](=O)[O-])cc1-n1c(C)cc(/C=C2/C(=N)N3N=C(C4CCCCC4)SC3=NC2=O)c1C. The van der Waals surface area contributed by atoms with E-state index in [1.165, 1.54) is 42.1 Å². The summed E-state index contributed by atoms with van der Waals surface area (Å²) in [6.45, 7) is 5.71. The van der Waals surface area contributed by atoms with Gasteiger partial charge in [0.1, 0.15) is 5.04 Å². The molecular formula is C25H26N6O3S. The molecule has 1 aromatic carbocycles. The number of hydrazone groups is 1. The van der Waals surface area contributed by atoms with E-state index in [-0.39, 0.29) is 17.1 Å². The van der Waals surface area contributed by atoms with Gasteiger partial charge in [-0.05, 0) is 68.6 Å². The van der Waals surface area contributed by atoms with Crippen LogP contribution < -0.4 is 0 Å². The summed E-state index contributed by atoms with van der Waals surface area (Å²) < 4.78 is 1.94. The van der Waals surface area contributed by atoms with Crippen molar-refractivity contribution in [2.24, 2.45) is 16.0 Å². The van der Waals surface area contributed by atoms with Crippen molar-refractivity contribution < 1.29 is 9.72 Å². The number of amidine groups is 2. The summed E-state index contributed by atoms with van der Waals surface area (Å²) in [7, 11) is 0. The van der Waals surface area contributed by atoms with Gasteiger partial charge in [0.2, 0.25) is 5.17 Å². The van der Waals surface area contributed by atoms with Gasteiger partial charge in [0.25, 0.3) is 11.6 Å². The van der Waals surface area contributed by atoms with Crippen LogP contribution in [0.15, 0.2) is 39.9 Å². The highest BCUT2D eigenvalue weighted by atomic mass is 32.2. The van der Waals surface area contributed by atoms with E-state index >= 15 is 0 Å². The van der Waals surface area contributed by atoms with E-state index in [1.54, 1.807) is 18.2 Å². The highest BCUT2D eigenvalue weighted by molar-refractivity contribution is 8.27. The Kier molecular flexibility index (Phi) is 5.92. The second-order valence-corrected chi connectivity index (χ2v) is 10.2. The zero-order valence-corrected chi connectivity index (χ0v) is 20.7. The molecule has 35 heavy (non-hydrogen) atoms. The van der Waals surface area contributed by atoms with Crippen LogP contribution in [0.4, 0.5) is 5.69 Å². The van der Waals surface area contributed by atoms with Gasteiger partial charge in [-0.15, -0.1) is 0 Å². The van der Waals surface area contributed by atoms with Crippen LogP contribution in [0.1, 0.15) is 54.6 Å². The first-order valence-electron chi connectivity index (χ1n) is 11.7. The number of benzene rings is 1. The lowest BCUT2D eigenvalue weighted by atomic mass is 9.90. The molecule has 1 aliphatic carbocycles. The maximum absolute atomic E-state index is 12.9. The van der Waals surface area contributed by atoms with E-state index in [0.717, 1.165) is 40.4 Å². The smallest absolute Gasteiger partial charge is 0.283 e. The third-order valence-electron chi connectivity index (χ3n) is 6.84. The zero-order chi connectivity index (χ0) is 24.9. The predicted molar refractivity (Wildman–Crippen MR) is 138 cm³/mol. The fourth-order valence-electron chi connectivity index (χ4n) is 4.93. The molecule has 1 fully saturated rings. The number of hydrogen-bond donors (Lipinski definition) is 1. The number of nitrogens with one attached hydrogen (secondary N) is 1. The lowest BCUT2D eigenvalue weighted by Crippen LogP contribution is -2.35. The predicted octanol–water partition coefficient (Wildman–Crippen LogP) is 5.51. The van der Waals surface area contributed by atoms with Gasteiger partial charge < -0.3 is 4.57 Å². The van der Waals surface area contributed by atoms with Crippen LogP contribution in [-0.2, 0) is 4.79 Å². The molecule has 0 atom stereocenters. The van der Waals surface area contributed by atoms with Gasteiger partial charge in [-0.2, -0.15) is 15.1 Å². The number of carbonyl (C=O) groups is 1. The maximum Gasteiger partial charge on any atom is 0.283 e. The van der Waals surface area contributed by atoms with E-state index in [9.17, 15) is 14.9 Å². The molecular weight excluding hydrogens is 464 g/mol. The third kappa shape index (κ3) is 4.12. The first kappa shape index (κ1) is 23.2. The number of nitrogens with zero attached hydrogens (tertiary/aromatic N) is 5. The first-order chi connectivity index (χ1) is 16.7. The molecule has 0 saturated heterocycles. The van der Waals surface area contributed by atoms with Crippen LogP contribution >= 0.6 is 11.8 Å². The second-order valence-electron chi connectivity index (χ2n) is 9.18. The third-order valence-corrected chi connectivity index (χ3v) is 7.91. The normalized spacial score (nSPS) is 19.7. The van der Waals surface area contributed by atoms with Crippen LogP contribution in [0, 0.1) is 42.2 Å². The van der Waals surface area contributed by atoms with Crippen LogP contribution in [0.2, 0.25) is 0 Å². The topological polar surface area (TPSA) is 117 Å². The van der Waals surface area contributed by atoms with E-state index in [2.05, 4.69) is 10.1 Å². The second kappa shape index (κ2) is 8.92. The number of non-ortho nitro benzene ring substituents is 1. The molecule has 1 aromatic heterocycles. The van der Waals surface area contributed by atoms with Crippen molar-refractivity contribution in [2.75, 3.05) is 0 Å². The molecule has 1 amide bonds. The van der Waals surface area contributed by atoms with E-state index < -0.39 is 10.8 Å². The summed E-state index contributed by atoms with van der Waals surface area (Å²) in [5, 5.41) is 27.6. The highest BCUT2D eigenvalue weighted by Gasteiger charge is 2.38. The summed E-state index contributed by atoms with van der Waals surface area (Å²) in [6, 6.07) is 6.69. The summed E-state index contributed by atoms with van der Waals surface area (Å²) in [5.41, 5.74) is 4.24. The van der Waals surface area contributed by atoms with Crippen molar-refractivity contribution in [3.8, 4) is 5.69 Å². The van der Waals surface area contributed by atoms with Crippen LogP contribution in [0.25, 0.3) is 11.8 Å². The molecule has 2 aliphatic heterocycles. The Balaban J connectivity index is 1.50. The molecule has 0 spiro atoms. The Labute approximate surface area is 207 Å². The number of aliphatic imine (C=N–C) groups is 1. The Morgan fingerprint density at radius 3 is 2.63 bits per heavy atom. The fraction of sp³-hybridized carbons (Fsp3) is 0.360. The van der Waals surface area contributed by atoms with Crippen molar-refractivity contribution in [3.63, 3.8) is 0 Å². The van der Waals surface area contributed by atoms with Crippen LogP contribution in [-0.4, -0.2) is 36.5 Å². The number of thioether (sulfide) groups is 1. The van der Waals surface area contributed by atoms with Crippen LogP contribution in [0.5, 0.6) is 0 Å². The Bertz CT molecular complexity index is 1360. The minimum absolute atomic E-state index is 0.0160. The number of nitro groups is 1. The minimum atomic E-state index is -0.454. The van der Waals surface area contributed by atoms with Crippen LogP contribution in [0.3, 0.4) is 0 Å². The lowest BCUT2D eigenvalue weighted by Gasteiger charge is -2.20. The molecule has 2 aromatic rings. The van der Waals surface area contributed by atoms with Gasteiger partial charge in [-0.1, -0.05) is 25.3 Å². The largest absolute Gasteiger partial charge is 0.317 e. The average Bonchev–Trinajstić information content (AvgIpc) is 3.38. The molecule has 5 rings (SSSR count). The molecule has 0 unspecified atom stereocenters. The molecule has 1 N–H and O–H groups in total. The Morgan fingerprint density at radius 1 is 1.17 bits per heavy atom. The average molecular weight is 491 g/mol. The van der Waals surface area contributed by atoms with Gasteiger partial charge in [0, 0.05) is 29.4 Å². The molecule has 10 heteroatoms. The van der Waals surface area contributed by atoms with Gasteiger partial charge in [-0.3, -0.25) is 20.3 Å². The molecule has 3 aliphatic rings. The van der Waals surface area contributed by atoms with Crippen molar-refractivity contribution >= 4 is 45.5 Å². The standard InChI is InChI=1S/C25H26N6O3S/c1-14-9-10-19(31(33)34)13-21(14)29-15(2)11-18(16(29)3)12-20-22(26)30-25(27-23(20)32)35-24(28-30)17-7-5-4-6-8-17/h9-13,17,26H,4-8H2,1-3H3/b20-12-,26-22?. The quantitative estimate of drug-likeness (QED) is 0.344. The number of amides is 1. The highest BCUT2D eigenvalue weighted by Crippen LogP contribution is 2.36. The molecule has 0 bridgehead atoms. The minimum Gasteiger partial charge on any atom is -0.317 e. The summed E-state index contributed by atoms with van der Waals surface area (Å²) in [6.07, 6.45) is 7.44. The summed E-state index contributed by atoms with van der Waals surface area (Å²) >= 11 is 1.41. The molecule has 3 heterocycles. The number of fused-ring (bicyclic) bond motifs is 1. The van der Waals surface area contributed by atoms with Crippen molar-refractivity contribution in [3.05, 3.63) is 62.5 Å². The van der Waals surface area contributed by atoms with E-state index in [4.69, 9.17) is 5.41 Å². The Morgan fingerprint density at radius 2 is 1.91 bits per heavy atom. The fourth-order valence-corrected chi connectivity index (χ4v) is 5.99. The molecule has 180 valence electrons. The number of rotatable bonds is 4. The summed E-state index contributed by atoms with van der Waals surface area (Å²) in [4.78, 5) is 28.1. The molecule has 1 saturated carbocycles.